The Kier molecular flexibility index (Phi) is 5.40. The maximum absolute atomic E-state index is 13.0. The molecule has 0 saturated heterocycles. The highest BCUT2D eigenvalue weighted by Gasteiger charge is 2.11. The molecule has 0 aliphatic rings. The molecular weight excluding hydrogens is 321 g/mol. The number of hydrogen-bond donors (Lipinski definition) is 0. The van der Waals surface area contributed by atoms with Gasteiger partial charge in [-0.05, 0) is 55.9 Å². The van der Waals surface area contributed by atoms with Crippen molar-refractivity contribution in [2.75, 3.05) is 20.2 Å². The van der Waals surface area contributed by atoms with Crippen LogP contribution >= 0.6 is 0 Å². The first-order valence-corrected chi connectivity index (χ1v) is 8.07. The zero-order valence-electron chi connectivity index (χ0n) is 14.3. The first kappa shape index (κ1) is 17.1. The van der Waals surface area contributed by atoms with Crippen LogP contribution in [0, 0.1) is 12.7 Å². The second-order valence-electron chi connectivity index (χ2n) is 5.92. The molecule has 25 heavy (non-hydrogen) atoms. The molecule has 5 nitrogen and oxygen atoms in total. The Hall–Kier alpha value is -2.73. The fourth-order valence-electron chi connectivity index (χ4n) is 2.37. The predicted octanol–water partition coefficient (Wildman–Crippen LogP) is 3.69. The highest BCUT2D eigenvalue weighted by molar-refractivity contribution is 5.53. The van der Waals surface area contributed by atoms with Crippen LogP contribution in [0.15, 0.2) is 53.1 Å². The second kappa shape index (κ2) is 7.90. The van der Waals surface area contributed by atoms with Gasteiger partial charge in [0.05, 0.1) is 6.54 Å². The van der Waals surface area contributed by atoms with Crippen LogP contribution < -0.4 is 4.74 Å². The number of hydrogen-bond acceptors (Lipinski definition) is 5. The fraction of sp³-hybridized carbons (Fsp3) is 0.263. The summed E-state index contributed by atoms with van der Waals surface area (Å²) >= 11 is 0. The lowest BCUT2D eigenvalue weighted by molar-refractivity contribution is 0.213. The van der Waals surface area contributed by atoms with Crippen molar-refractivity contribution in [3.63, 3.8) is 0 Å². The number of benzene rings is 2. The Morgan fingerprint density at radius 3 is 2.72 bits per heavy atom. The number of likely N-dealkylation sites (N-methyl/N-ethyl adjacent to an activating group) is 1. The maximum Gasteiger partial charge on any atom is 0.241 e. The van der Waals surface area contributed by atoms with E-state index in [1.165, 1.54) is 17.7 Å². The summed E-state index contributed by atoms with van der Waals surface area (Å²) in [6.45, 7) is 3.85. The van der Waals surface area contributed by atoms with E-state index >= 15 is 0 Å². The average Bonchev–Trinajstić information content (AvgIpc) is 3.04. The number of nitrogens with zero attached hydrogens (tertiary/aromatic N) is 3. The van der Waals surface area contributed by atoms with Crippen LogP contribution in [0.5, 0.6) is 5.75 Å². The molecule has 1 heterocycles. The standard InChI is InChI=1S/C19H20FN3O2/c1-14-4-3-5-17(12-14)24-11-10-23(2)13-18-21-19(22-25-18)15-6-8-16(20)9-7-15/h3-9,12H,10-11,13H2,1-2H3. The molecule has 0 amide bonds. The summed E-state index contributed by atoms with van der Waals surface area (Å²) in [6.07, 6.45) is 0. The summed E-state index contributed by atoms with van der Waals surface area (Å²) < 4.78 is 24.0. The third-order valence-corrected chi connectivity index (χ3v) is 3.71. The summed E-state index contributed by atoms with van der Waals surface area (Å²) in [4.78, 5) is 6.38. The molecule has 130 valence electrons. The SMILES string of the molecule is Cc1cccc(OCCN(C)Cc2nc(-c3ccc(F)cc3)no2)c1. The molecule has 0 fully saturated rings. The lowest BCUT2D eigenvalue weighted by Crippen LogP contribution is -2.24. The highest BCUT2D eigenvalue weighted by Crippen LogP contribution is 2.16. The van der Waals surface area contributed by atoms with Gasteiger partial charge >= 0.3 is 0 Å². The van der Waals surface area contributed by atoms with Gasteiger partial charge in [-0.1, -0.05) is 17.3 Å². The Labute approximate surface area is 146 Å². The first-order chi connectivity index (χ1) is 12.1. The molecule has 3 aromatic rings. The van der Waals surface area contributed by atoms with E-state index in [0.29, 0.717) is 24.9 Å². The van der Waals surface area contributed by atoms with Crippen molar-refractivity contribution >= 4 is 0 Å². The fourth-order valence-corrected chi connectivity index (χ4v) is 2.37. The third-order valence-electron chi connectivity index (χ3n) is 3.71. The molecule has 0 saturated carbocycles. The van der Waals surface area contributed by atoms with Crippen LogP contribution in [-0.4, -0.2) is 35.2 Å². The van der Waals surface area contributed by atoms with Crippen LogP contribution in [-0.2, 0) is 6.54 Å². The maximum atomic E-state index is 13.0. The van der Waals surface area contributed by atoms with E-state index in [2.05, 4.69) is 10.1 Å². The molecule has 0 unspecified atom stereocenters. The molecule has 0 aliphatic carbocycles. The normalized spacial score (nSPS) is 11.0. The monoisotopic (exact) mass is 341 g/mol. The van der Waals surface area contributed by atoms with Crippen molar-refractivity contribution in [3.8, 4) is 17.1 Å². The summed E-state index contributed by atoms with van der Waals surface area (Å²) in [7, 11) is 1.96. The zero-order valence-corrected chi connectivity index (χ0v) is 14.3. The molecule has 0 spiro atoms. The van der Waals surface area contributed by atoms with Crippen molar-refractivity contribution < 1.29 is 13.7 Å². The molecule has 0 atom stereocenters. The molecule has 3 rings (SSSR count). The highest BCUT2D eigenvalue weighted by atomic mass is 19.1. The van der Waals surface area contributed by atoms with Gasteiger partial charge in [0, 0.05) is 12.1 Å². The topological polar surface area (TPSA) is 51.4 Å². The molecule has 0 bridgehead atoms. The van der Waals surface area contributed by atoms with Crippen molar-refractivity contribution in [1.29, 1.82) is 0 Å². The minimum Gasteiger partial charge on any atom is -0.492 e. The molecule has 6 heteroatoms. The van der Waals surface area contributed by atoms with Crippen molar-refractivity contribution in [3.05, 3.63) is 65.8 Å². The molecule has 0 N–H and O–H groups in total. The third kappa shape index (κ3) is 4.87. The van der Waals surface area contributed by atoms with Crippen molar-refractivity contribution in [2.24, 2.45) is 0 Å². The minimum absolute atomic E-state index is 0.291. The van der Waals surface area contributed by atoms with Crippen molar-refractivity contribution in [1.82, 2.24) is 15.0 Å². The van der Waals surface area contributed by atoms with E-state index in [-0.39, 0.29) is 5.82 Å². The van der Waals surface area contributed by atoms with Gasteiger partial charge in [0.1, 0.15) is 18.2 Å². The zero-order chi connectivity index (χ0) is 17.6. The van der Waals surface area contributed by atoms with Gasteiger partial charge in [-0.25, -0.2) is 4.39 Å². The smallest absolute Gasteiger partial charge is 0.241 e. The summed E-state index contributed by atoms with van der Waals surface area (Å²) in [5, 5.41) is 3.94. The summed E-state index contributed by atoms with van der Waals surface area (Å²) in [5.41, 5.74) is 1.90. The quantitative estimate of drug-likeness (QED) is 0.656. The minimum atomic E-state index is -0.291. The Morgan fingerprint density at radius 2 is 1.96 bits per heavy atom. The lowest BCUT2D eigenvalue weighted by atomic mass is 10.2. The Bertz CT molecular complexity index is 818. The molecule has 0 radical (unpaired) electrons. The second-order valence-corrected chi connectivity index (χ2v) is 5.92. The molecule has 2 aromatic carbocycles. The van der Waals surface area contributed by atoms with Crippen LogP contribution in [0.3, 0.4) is 0 Å². The Morgan fingerprint density at radius 1 is 1.16 bits per heavy atom. The Balaban J connectivity index is 1.49. The number of aryl methyl sites for hydroxylation is 1. The van der Waals surface area contributed by atoms with Gasteiger partial charge in [0.15, 0.2) is 0 Å². The first-order valence-electron chi connectivity index (χ1n) is 8.07. The van der Waals surface area contributed by atoms with Crippen LogP contribution in [0.25, 0.3) is 11.4 Å². The van der Waals surface area contributed by atoms with Crippen LogP contribution in [0.4, 0.5) is 4.39 Å². The van der Waals surface area contributed by atoms with Gasteiger partial charge in [-0.3, -0.25) is 4.90 Å². The number of ether oxygens (including phenoxy) is 1. The molecule has 1 aromatic heterocycles. The van der Waals surface area contributed by atoms with Crippen LogP contribution in [0.2, 0.25) is 0 Å². The molecule has 0 aliphatic heterocycles. The van der Waals surface area contributed by atoms with E-state index in [9.17, 15) is 4.39 Å². The molecular formula is C19H20FN3O2. The van der Waals surface area contributed by atoms with Gasteiger partial charge in [-0.2, -0.15) is 4.98 Å². The van der Waals surface area contributed by atoms with E-state index in [1.807, 2.05) is 43.1 Å². The van der Waals surface area contributed by atoms with E-state index in [1.54, 1.807) is 12.1 Å². The summed E-state index contributed by atoms with van der Waals surface area (Å²) in [5.74, 6) is 1.54. The lowest BCUT2D eigenvalue weighted by Gasteiger charge is -2.14. The van der Waals surface area contributed by atoms with Crippen molar-refractivity contribution in [2.45, 2.75) is 13.5 Å². The van der Waals surface area contributed by atoms with E-state index in [4.69, 9.17) is 9.26 Å². The van der Waals surface area contributed by atoms with E-state index < -0.39 is 0 Å². The van der Waals surface area contributed by atoms with Gasteiger partial charge in [-0.15, -0.1) is 0 Å². The van der Waals surface area contributed by atoms with Crippen LogP contribution in [0.1, 0.15) is 11.5 Å². The van der Waals surface area contributed by atoms with Gasteiger partial charge in [0.2, 0.25) is 11.7 Å². The largest absolute Gasteiger partial charge is 0.492 e. The number of halogens is 1. The van der Waals surface area contributed by atoms with Gasteiger partial charge < -0.3 is 9.26 Å². The number of aromatic nitrogens is 2. The average molecular weight is 341 g/mol. The van der Waals surface area contributed by atoms with Gasteiger partial charge in [0.25, 0.3) is 0 Å². The number of rotatable bonds is 7. The predicted molar refractivity (Wildman–Crippen MR) is 92.7 cm³/mol. The summed E-state index contributed by atoms with van der Waals surface area (Å²) in [6, 6.07) is 14.0. The van der Waals surface area contributed by atoms with E-state index in [0.717, 1.165) is 17.9 Å².